The molecule has 1 aliphatic rings. The standard InChI is InChI=1S/C17H21N7O2/c1-10-7-12(22-24(10)4)15(26)20-11-5-6-19-13(8-11)17(2)9-14(25)23(3)16(18)21-17/h5-8H,9H2,1-4H3,(H2,18,21)(H,19,20,26). The first-order valence-corrected chi connectivity index (χ1v) is 8.10. The van der Waals surface area contributed by atoms with Gasteiger partial charge in [-0.3, -0.25) is 24.2 Å². The first kappa shape index (κ1) is 17.6. The van der Waals surface area contributed by atoms with Gasteiger partial charge in [0.05, 0.1) is 12.1 Å². The molecule has 0 aliphatic carbocycles. The number of aliphatic imine (C=N–C) groups is 1. The van der Waals surface area contributed by atoms with E-state index in [1.807, 2.05) is 6.92 Å². The van der Waals surface area contributed by atoms with Gasteiger partial charge in [0.15, 0.2) is 11.7 Å². The molecule has 1 aliphatic heterocycles. The van der Waals surface area contributed by atoms with Gasteiger partial charge >= 0.3 is 0 Å². The van der Waals surface area contributed by atoms with E-state index in [9.17, 15) is 9.59 Å². The minimum absolute atomic E-state index is 0.139. The van der Waals surface area contributed by atoms with Crippen molar-refractivity contribution in [1.29, 1.82) is 0 Å². The van der Waals surface area contributed by atoms with E-state index in [1.165, 1.54) is 4.90 Å². The second-order valence-electron chi connectivity index (χ2n) is 6.55. The maximum absolute atomic E-state index is 12.4. The van der Waals surface area contributed by atoms with Crippen molar-refractivity contribution < 1.29 is 9.59 Å². The number of aromatic nitrogens is 3. The molecule has 2 aromatic heterocycles. The monoisotopic (exact) mass is 355 g/mol. The van der Waals surface area contributed by atoms with E-state index >= 15 is 0 Å². The van der Waals surface area contributed by atoms with E-state index in [4.69, 9.17) is 5.73 Å². The van der Waals surface area contributed by atoms with Crippen molar-refractivity contribution in [3.63, 3.8) is 0 Å². The fourth-order valence-electron chi connectivity index (χ4n) is 2.73. The molecule has 0 fully saturated rings. The summed E-state index contributed by atoms with van der Waals surface area (Å²) in [6, 6.07) is 5.08. The maximum atomic E-state index is 12.4. The first-order valence-electron chi connectivity index (χ1n) is 8.10. The van der Waals surface area contributed by atoms with Gasteiger partial charge in [-0.25, -0.2) is 4.99 Å². The molecule has 1 atom stereocenters. The third kappa shape index (κ3) is 3.15. The molecule has 0 bridgehead atoms. The third-order valence-corrected chi connectivity index (χ3v) is 4.49. The Morgan fingerprint density at radius 2 is 2.08 bits per heavy atom. The van der Waals surface area contributed by atoms with E-state index in [0.29, 0.717) is 17.1 Å². The van der Waals surface area contributed by atoms with Crippen molar-refractivity contribution in [2.45, 2.75) is 25.8 Å². The van der Waals surface area contributed by atoms with Gasteiger partial charge in [-0.2, -0.15) is 5.10 Å². The van der Waals surface area contributed by atoms with Crippen LogP contribution in [0.4, 0.5) is 5.69 Å². The highest BCUT2D eigenvalue weighted by atomic mass is 16.2. The van der Waals surface area contributed by atoms with E-state index in [2.05, 4.69) is 20.4 Å². The Labute approximate surface area is 150 Å². The normalized spacial score (nSPS) is 20.1. The van der Waals surface area contributed by atoms with Crippen LogP contribution < -0.4 is 11.1 Å². The Morgan fingerprint density at radius 1 is 1.35 bits per heavy atom. The number of hydrogen-bond donors (Lipinski definition) is 2. The summed E-state index contributed by atoms with van der Waals surface area (Å²) in [5.41, 5.74) is 7.27. The van der Waals surface area contributed by atoms with E-state index < -0.39 is 5.54 Å². The lowest BCUT2D eigenvalue weighted by Crippen LogP contribution is -2.47. The van der Waals surface area contributed by atoms with Gasteiger partial charge in [0.25, 0.3) is 5.91 Å². The molecule has 0 saturated carbocycles. The van der Waals surface area contributed by atoms with Crippen LogP contribution in [0.2, 0.25) is 0 Å². The Hall–Kier alpha value is -3.23. The molecular weight excluding hydrogens is 334 g/mol. The molecule has 9 nitrogen and oxygen atoms in total. The number of pyridine rings is 1. The van der Waals surface area contributed by atoms with E-state index in [0.717, 1.165) is 5.69 Å². The topological polar surface area (TPSA) is 118 Å². The molecule has 3 heterocycles. The lowest BCUT2D eigenvalue weighted by molar-refractivity contribution is -0.128. The van der Waals surface area contributed by atoms with Gasteiger partial charge in [0.1, 0.15) is 5.54 Å². The predicted octanol–water partition coefficient (Wildman–Crippen LogP) is 0.768. The number of anilines is 1. The minimum atomic E-state index is -0.879. The number of aryl methyl sites for hydroxylation is 2. The van der Waals surface area contributed by atoms with Gasteiger partial charge in [-0.1, -0.05) is 0 Å². The van der Waals surface area contributed by atoms with Gasteiger partial charge < -0.3 is 11.1 Å². The Balaban J connectivity index is 1.87. The van der Waals surface area contributed by atoms with Gasteiger partial charge in [-0.15, -0.1) is 0 Å². The van der Waals surface area contributed by atoms with Crippen LogP contribution in [0.25, 0.3) is 0 Å². The quantitative estimate of drug-likeness (QED) is 0.843. The molecule has 26 heavy (non-hydrogen) atoms. The molecule has 3 rings (SSSR count). The number of nitrogens with one attached hydrogen (secondary N) is 1. The summed E-state index contributed by atoms with van der Waals surface area (Å²) in [5, 5.41) is 6.96. The van der Waals surface area contributed by atoms with Crippen LogP contribution in [-0.4, -0.2) is 44.5 Å². The molecule has 2 aromatic rings. The van der Waals surface area contributed by atoms with Crippen molar-refractivity contribution in [3.8, 4) is 0 Å². The molecular formula is C17H21N7O2. The van der Waals surface area contributed by atoms with Crippen LogP contribution in [0.3, 0.4) is 0 Å². The molecule has 3 N–H and O–H groups in total. The second-order valence-corrected chi connectivity index (χ2v) is 6.55. The third-order valence-electron chi connectivity index (χ3n) is 4.49. The number of nitrogens with zero attached hydrogens (tertiary/aromatic N) is 5. The largest absolute Gasteiger partial charge is 0.369 e. The Bertz CT molecular complexity index is 898. The van der Waals surface area contributed by atoms with Crippen molar-refractivity contribution >= 4 is 23.5 Å². The molecule has 136 valence electrons. The van der Waals surface area contributed by atoms with Crippen LogP contribution in [0.15, 0.2) is 29.4 Å². The number of carbonyl (C=O) groups is 2. The number of amides is 2. The number of carbonyl (C=O) groups excluding carboxylic acids is 2. The Morgan fingerprint density at radius 3 is 2.69 bits per heavy atom. The zero-order valence-corrected chi connectivity index (χ0v) is 15.1. The summed E-state index contributed by atoms with van der Waals surface area (Å²) in [6.45, 7) is 3.66. The van der Waals surface area contributed by atoms with Crippen LogP contribution in [0.1, 0.15) is 35.2 Å². The highest BCUT2D eigenvalue weighted by Crippen LogP contribution is 2.32. The molecule has 0 aromatic carbocycles. The van der Waals surface area contributed by atoms with Crippen molar-refractivity contribution in [3.05, 3.63) is 41.5 Å². The number of hydrogen-bond acceptors (Lipinski definition) is 6. The highest BCUT2D eigenvalue weighted by Gasteiger charge is 2.37. The van der Waals surface area contributed by atoms with Gasteiger partial charge in [0.2, 0.25) is 5.91 Å². The summed E-state index contributed by atoms with van der Waals surface area (Å²) in [4.78, 5) is 34.6. The SMILES string of the molecule is Cc1cc(C(=O)Nc2ccnc(C3(C)CC(=O)N(C)C(N)=N3)c2)nn1C. The van der Waals surface area contributed by atoms with Crippen molar-refractivity contribution in [1.82, 2.24) is 19.7 Å². The highest BCUT2D eigenvalue weighted by molar-refractivity contribution is 6.03. The average molecular weight is 355 g/mol. The van der Waals surface area contributed by atoms with Crippen LogP contribution in [-0.2, 0) is 17.4 Å². The fraction of sp³-hybridized carbons (Fsp3) is 0.353. The number of guanidine groups is 1. The summed E-state index contributed by atoms with van der Waals surface area (Å²) < 4.78 is 1.63. The van der Waals surface area contributed by atoms with Crippen LogP contribution in [0, 0.1) is 6.92 Å². The molecule has 1 unspecified atom stereocenters. The molecule has 0 spiro atoms. The summed E-state index contributed by atoms with van der Waals surface area (Å²) in [5.74, 6) is -0.317. The van der Waals surface area contributed by atoms with Crippen LogP contribution >= 0.6 is 0 Å². The summed E-state index contributed by atoms with van der Waals surface area (Å²) >= 11 is 0. The fourth-order valence-corrected chi connectivity index (χ4v) is 2.73. The minimum Gasteiger partial charge on any atom is -0.369 e. The zero-order chi connectivity index (χ0) is 19.1. The smallest absolute Gasteiger partial charge is 0.276 e. The van der Waals surface area contributed by atoms with Crippen molar-refractivity contribution in [2.75, 3.05) is 12.4 Å². The van der Waals surface area contributed by atoms with Crippen molar-refractivity contribution in [2.24, 2.45) is 17.8 Å². The lowest BCUT2D eigenvalue weighted by atomic mass is 9.91. The molecule has 2 amide bonds. The second kappa shape index (κ2) is 6.25. The van der Waals surface area contributed by atoms with Gasteiger partial charge in [0, 0.05) is 31.7 Å². The van der Waals surface area contributed by atoms with Gasteiger partial charge in [-0.05, 0) is 32.0 Å². The molecule has 0 saturated heterocycles. The molecule has 0 radical (unpaired) electrons. The van der Waals surface area contributed by atoms with E-state index in [-0.39, 0.29) is 24.2 Å². The zero-order valence-electron chi connectivity index (χ0n) is 15.1. The maximum Gasteiger partial charge on any atom is 0.276 e. The summed E-state index contributed by atoms with van der Waals surface area (Å²) in [7, 11) is 3.36. The van der Waals surface area contributed by atoms with Crippen LogP contribution in [0.5, 0.6) is 0 Å². The van der Waals surface area contributed by atoms with E-state index in [1.54, 1.807) is 50.1 Å². The first-order chi connectivity index (χ1) is 12.2. The number of rotatable bonds is 3. The average Bonchev–Trinajstić information content (AvgIpc) is 2.92. The summed E-state index contributed by atoms with van der Waals surface area (Å²) in [6.07, 6.45) is 1.71. The molecule has 9 heteroatoms. The Kier molecular flexibility index (Phi) is 4.23. The lowest BCUT2D eigenvalue weighted by Gasteiger charge is -2.32. The predicted molar refractivity (Wildman–Crippen MR) is 96.5 cm³/mol. The number of nitrogens with two attached hydrogens (primary N) is 1.